The Kier molecular flexibility index (Phi) is 11.2. The van der Waals surface area contributed by atoms with Crippen LogP contribution in [0.4, 0.5) is 0 Å². The lowest BCUT2D eigenvalue weighted by Crippen LogP contribution is -2.48. The van der Waals surface area contributed by atoms with Gasteiger partial charge in [0.2, 0.25) is 0 Å². The minimum Gasteiger partial charge on any atom is -0.494 e. The van der Waals surface area contributed by atoms with Gasteiger partial charge in [-0.3, -0.25) is 25.8 Å². The number of para-hydroxylation sites is 1. The van der Waals surface area contributed by atoms with E-state index < -0.39 is 5.91 Å². The number of amides is 2. The molecule has 178 valence electrons. The van der Waals surface area contributed by atoms with Gasteiger partial charge < -0.3 is 9.47 Å². The summed E-state index contributed by atoms with van der Waals surface area (Å²) in [6.45, 7) is 7.56. The zero-order valence-electron chi connectivity index (χ0n) is 19.5. The van der Waals surface area contributed by atoms with Crippen LogP contribution in [0.3, 0.4) is 0 Å². The maximum absolute atomic E-state index is 12.6. The highest BCUT2D eigenvalue weighted by Crippen LogP contribution is 2.18. The summed E-state index contributed by atoms with van der Waals surface area (Å²) in [6.07, 6.45) is 4.04. The molecule has 0 spiro atoms. The second-order valence-electron chi connectivity index (χ2n) is 7.97. The van der Waals surface area contributed by atoms with E-state index in [2.05, 4.69) is 36.9 Å². The van der Waals surface area contributed by atoms with Crippen LogP contribution >= 0.6 is 12.2 Å². The van der Waals surface area contributed by atoms with E-state index in [1.165, 1.54) is 0 Å². The number of thiocarbonyl (C=S) groups is 1. The van der Waals surface area contributed by atoms with Gasteiger partial charge in [-0.15, -0.1) is 0 Å². The lowest BCUT2D eigenvalue weighted by atomic mass is 10.1. The van der Waals surface area contributed by atoms with E-state index in [-0.39, 0.29) is 11.0 Å². The average molecular weight is 472 g/mol. The van der Waals surface area contributed by atoms with Crippen LogP contribution < -0.4 is 25.6 Å². The highest BCUT2D eigenvalue weighted by atomic mass is 32.1. The van der Waals surface area contributed by atoms with Crippen molar-refractivity contribution < 1.29 is 19.1 Å². The summed E-state index contributed by atoms with van der Waals surface area (Å²) in [5.41, 5.74) is 5.83. The van der Waals surface area contributed by atoms with Crippen LogP contribution in [0, 0.1) is 5.92 Å². The Balaban J connectivity index is 1.81. The predicted molar refractivity (Wildman–Crippen MR) is 134 cm³/mol. The van der Waals surface area contributed by atoms with Crippen molar-refractivity contribution in [1.29, 1.82) is 0 Å². The SMILES string of the molecule is CCCCCOc1ccccc1C(=O)NC(=S)NNC(=O)c1ccc(OCCC(C)C)cc1. The molecule has 8 heteroatoms. The second-order valence-corrected chi connectivity index (χ2v) is 8.38. The third kappa shape index (κ3) is 9.49. The Morgan fingerprint density at radius 1 is 0.909 bits per heavy atom. The monoisotopic (exact) mass is 471 g/mol. The Hall–Kier alpha value is -3.13. The Bertz CT molecular complexity index is 916. The van der Waals surface area contributed by atoms with E-state index in [1.54, 1.807) is 42.5 Å². The number of nitrogens with one attached hydrogen (secondary N) is 3. The molecule has 0 unspecified atom stereocenters. The van der Waals surface area contributed by atoms with Crippen LogP contribution in [0.1, 0.15) is 67.2 Å². The highest BCUT2D eigenvalue weighted by molar-refractivity contribution is 7.80. The first-order chi connectivity index (χ1) is 15.9. The van der Waals surface area contributed by atoms with Gasteiger partial charge in [0.05, 0.1) is 18.8 Å². The molecule has 0 saturated carbocycles. The Morgan fingerprint density at radius 3 is 2.33 bits per heavy atom. The number of hydrogen-bond acceptors (Lipinski definition) is 5. The fraction of sp³-hybridized carbons (Fsp3) is 0.400. The van der Waals surface area contributed by atoms with Crippen molar-refractivity contribution in [2.45, 2.75) is 46.5 Å². The summed E-state index contributed by atoms with van der Waals surface area (Å²) in [6, 6.07) is 13.8. The molecule has 3 N–H and O–H groups in total. The largest absolute Gasteiger partial charge is 0.494 e. The van der Waals surface area contributed by atoms with E-state index in [0.717, 1.165) is 25.7 Å². The van der Waals surface area contributed by atoms with Crippen molar-refractivity contribution in [2.24, 2.45) is 5.92 Å². The molecule has 0 heterocycles. The van der Waals surface area contributed by atoms with Crippen molar-refractivity contribution in [2.75, 3.05) is 13.2 Å². The van der Waals surface area contributed by atoms with Crippen molar-refractivity contribution in [3.63, 3.8) is 0 Å². The lowest BCUT2D eigenvalue weighted by Gasteiger charge is -2.13. The molecule has 0 aliphatic heterocycles. The molecule has 33 heavy (non-hydrogen) atoms. The van der Waals surface area contributed by atoms with Crippen LogP contribution in [0.5, 0.6) is 11.5 Å². The summed E-state index contributed by atoms with van der Waals surface area (Å²) in [5, 5.41) is 2.53. The van der Waals surface area contributed by atoms with Crippen LogP contribution in [0.25, 0.3) is 0 Å². The van der Waals surface area contributed by atoms with E-state index in [0.29, 0.717) is 41.8 Å². The van der Waals surface area contributed by atoms with E-state index in [4.69, 9.17) is 21.7 Å². The molecular weight excluding hydrogens is 438 g/mol. The molecule has 2 aromatic carbocycles. The summed E-state index contributed by atoms with van der Waals surface area (Å²) in [4.78, 5) is 24.9. The first-order valence-corrected chi connectivity index (χ1v) is 11.7. The van der Waals surface area contributed by atoms with Crippen molar-refractivity contribution in [1.82, 2.24) is 16.2 Å². The van der Waals surface area contributed by atoms with Gasteiger partial charge in [-0.25, -0.2) is 0 Å². The molecule has 0 aromatic heterocycles. The topological polar surface area (TPSA) is 88.7 Å². The molecular formula is C25H33N3O4S. The Labute approximate surface area is 201 Å². The molecule has 0 atom stereocenters. The van der Waals surface area contributed by atoms with Gasteiger partial charge in [-0.05, 0) is 67.4 Å². The molecule has 0 aliphatic carbocycles. The zero-order valence-corrected chi connectivity index (χ0v) is 20.3. The fourth-order valence-corrected chi connectivity index (χ4v) is 2.96. The Morgan fingerprint density at radius 2 is 1.64 bits per heavy atom. The van der Waals surface area contributed by atoms with Gasteiger partial charge >= 0.3 is 0 Å². The van der Waals surface area contributed by atoms with Crippen molar-refractivity contribution in [3.05, 3.63) is 59.7 Å². The summed E-state index contributed by atoms with van der Waals surface area (Å²) < 4.78 is 11.4. The molecule has 0 saturated heterocycles. The van der Waals surface area contributed by atoms with Crippen molar-refractivity contribution in [3.8, 4) is 11.5 Å². The van der Waals surface area contributed by atoms with Crippen LogP contribution in [-0.4, -0.2) is 30.1 Å². The third-order valence-corrected chi connectivity index (χ3v) is 4.94. The summed E-state index contributed by atoms with van der Waals surface area (Å²) in [5.74, 6) is 0.958. The first kappa shape index (κ1) is 26.1. The normalized spacial score (nSPS) is 10.4. The number of hydrazine groups is 1. The quantitative estimate of drug-likeness (QED) is 0.252. The van der Waals surface area contributed by atoms with Crippen LogP contribution in [0.15, 0.2) is 48.5 Å². The second kappa shape index (κ2) is 14.1. The number of carbonyl (C=O) groups excluding carboxylic acids is 2. The van der Waals surface area contributed by atoms with E-state index in [9.17, 15) is 9.59 Å². The van der Waals surface area contributed by atoms with Gasteiger partial charge in [0.1, 0.15) is 11.5 Å². The number of benzene rings is 2. The minimum atomic E-state index is -0.421. The number of ether oxygens (including phenoxy) is 2. The van der Waals surface area contributed by atoms with Crippen LogP contribution in [-0.2, 0) is 0 Å². The maximum atomic E-state index is 12.6. The lowest BCUT2D eigenvalue weighted by molar-refractivity contribution is 0.0933. The molecule has 2 aromatic rings. The van der Waals surface area contributed by atoms with E-state index in [1.807, 2.05) is 6.07 Å². The van der Waals surface area contributed by atoms with Gasteiger partial charge in [0.25, 0.3) is 11.8 Å². The average Bonchev–Trinajstić information content (AvgIpc) is 2.80. The number of rotatable bonds is 11. The number of unbranched alkanes of at least 4 members (excludes halogenated alkanes) is 2. The highest BCUT2D eigenvalue weighted by Gasteiger charge is 2.14. The molecule has 0 radical (unpaired) electrons. The fourth-order valence-electron chi connectivity index (χ4n) is 2.82. The maximum Gasteiger partial charge on any atom is 0.269 e. The van der Waals surface area contributed by atoms with Gasteiger partial charge in [0, 0.05) is 5.56 Å². The van der Waals surface area contributed by atoms with E-state index >= 15 is 0 Å². The number of hydrogen-bond donors (Lipinski definition) is 3. The summed E-state index contributed by atoms with van der Waals surface area (Å²) in [7, 11) is 0. The smallest absolute Gasteiger partial charge is 0.269 e. The standard InChI is InChI=1S/C25H33N3O4S/c1-4-5-8-16-32-22-10-7-6-9-21(22)24(30)26-25(33)28-27-23(29)19-11-13-20(14-12-19)31-17-15-18(2)3/h6-7,9-14,18H,4-5,8,15-17H2,1-3H3,(H,27,29)(H2,26,28,30,33). The summed E-state index contributed by atoms with van der Waals surface area (Å²) >= 11 is 5.13. The molecule has 0 bridgehead atoms. The molecule has 0 aliphatic rings. The third-order valence-electron chi connectivity index (χ3n) is 4.73. The van der Waals surface area contributed by atoms with Crippen molar-refractivity contribution >= 4 is 29.1 Å². The molecule has 7 nitrogen and oxygen atoms in total. The van der Waals surface area contributed by atoms with Gasteiger partial charge in [-0.2, -0.15) is 0 Å². The zero-order chi connectivity index (χ0) is 24.1. The van der Waals surface area contributed by atoms with Gasteiger partial charge in [0.15, 0.2) is 5.11 Å². The minimum absolute atomic E-state index is 0.0252. The number of carbonyl (C=O) groups is 2. The predicted octanol–water partition coefficient (Wildman–Crippen LogP) is 4.63. The first-order valence-electron chi connectivity index (χ1n) is 11.3. The van der Waals surface area contributed by atoms with Gasteiger partial charge in [-0.1, -0.05) is 45.7 Å². The molecule has 2 rings (SSSR count). The molecule has 0 fully saturated rings. The molecule has 2 amide bonds. The van der Waals surface area contributed by atoms with Crippen LogP contribution in [0.2, 0.25) is 0 Å².